The van der Waals surface area contributed by atoms with Crippen LogP contribution in [0, 0.1) is 10.1 Å². The van der Waals surface area contributed by atoms with Crippen LogP contribution in [0.5, 0.6) is 5.75 Å². The summed E-state index contributed by atoms with van der Waals surface area (Å²) in [6.45, 7) is 2.49. The van der Waals surface area contributed by atoms with E-state index in [-0.39, 0.29) is 11.7 Å². The first-order chi connectivity index (χ1) is 8.60. The van der Waals surface area contributed by atoms with Crippen LogP contribution in [-0.4, -0.2) is 36.1 Å². The number of methoxy groups -OCH3 is 1. The van der Waals surface area contributed by atoms with Gasteiger partial charge in [0, 0.05) is 31.7 Å². The van der Waals surface area contributed by atoms with Crippen molar-refractivity contribution in [3.05, 3.63) is 33.9 Å². The van der Waals surface area contributed by atoms with Crippen molar-refractivity contribution in [2.45, 2.75) is 19.0 Å². The first kappa shape index (κ1) is 12.8. The summed E-state index contributed by atoms with van der Waals surface area (Å²) >= 11 is 0. The van der Waals surface area contributed by atoms with Gasteiger partial charge in [0.15, 0.2) is 5.75 Å². The van der Waals surface area contributed by atoms with Gasteiger partial charge in [-0.2, -0.15) is 0 Å². The molecule has 0 aliphatic carbocycles. The van der Waals surface area contributed by atoms with Gasteiger partial charge >= 0.3 is 5.69 Å². The summed E-state index contributed by atoms with van der Waals surface area (Å²) in [6.07, 6.45) is 0.984. The molecule has 18 heavy (non-hydrogen) atoms. The predicted octanol–water partition coefficient (Wildman–Crippen LogP) is 1.14. The molecule has 1 aliphatic rings. The summed E-state index contributed by atoms with van der Waals surface area (Å²) < 4.78 is 4.97. The number of nitro benzene ring substituents is 1. The summed E-state index contributed by atoms with van der Waals surface area (Å²) in [4.78, 5) is 12.7. The lowest BCUT2D eigenvalue weighted by Gasteiger charge is -2.15. The Hall–Kier alpha value is -1.66. The highest BCUT2D eigenvalue weighted by molar-refractivity contribution is 5.48. The monoisotopic (exact) mass is 251 g/mol. The second-order valence-electron chi connectivity index (χ2n) is 4.55. The topological polar surface area (TPSA) is 81.6 Å². The Labute approximate surface area is 105 Å². The van der Waals surface area contributed by atoms with Crippen molar-refractivity contribution in [2.24, 2.45) is 5.73 Å². The number of ether oxygens (including phenoxy) is 1. The largest absolute Gasteiger partial charge is 0.490 e. The number of likely N-dealkylation sites (tertiary alicyclic amines) is 1. The second kappa shape index (κ2) is 5.32. The Balaban J connectivity index is 2.14. The Kier molecular flexibility index (Phi) is 3.78. The standard InChI is InChI=1S/C12H17N3O3/c1-18-12-3-2-9(6-11(12)15(16)17)7-14-5-4-10(13)8-14/h2-3,6,10H,4-5,7-8,13H2,1H3/t10-/m1/s1. The number of hydrogen-bond acceptors (Lipinski definition) is 5. The molecule has 0 bridgehead atoms. The van der Waals surface area contributed by atoms with Gasteiger partial charge in [-0.05, 0) is 18.1 Å². The minimum Gasteiger partial charge on any atom is -0.490 e. The fourth-order valence-corrected chi connectivity index (χ4v) is 2.24. The highest BCUT2D eigenvalue weighted by Gasteiger charge is 2.21. The van der Waals surface area contributed by atoms with Gasteiger partial charge < -0.3 is 10.5 Å². The highest BCUT2D eigenvalue weighted by Crippen LogP contribution is 2.28. The lowest BCUT2D eigenvalue weighted by molar-refractivity contribution is -0.385. The average molecular weight is 251 g/mol. The predicted molar refractivity (Wildman–Crippen MR) is 67.5 cm³/mol. The third kappa shape index (κ3) is 2.77. The van der Waals surface area contributed by atoms with Crippen molar-refractivity contribution in [1.29, 1.82) is 0 Å². The van der Waals surface area contributed by atoms with Crippen LogP contribution in [0.4, 0.5) is 5.69 Å². The summed E-state index contributed by atoms with van der Waals surface area (Å²) in [5.41, 5.74) is 6.76. The summed E-state index contributed by atoms with van der Waals surface area (Å²) in [7, 11) is 1.43. The normalized spacial score (nSPS) is 20.0. The van der Waals surface area contributed by atoms with E-state index in [9.17, 15) is 10.1 Å². The van der Waals surface area contributed by atoms with E-state index in [1.54, 1.807) is 12.1 Å². The van der Waals surface area contributed by atoms with Crippen LogP contribution in [-0.2, 0) is 6.54 Å². The Bertz CT molecular complexity index is 450. The third-order valence-electron chi connectivity index (χ3n) is 3.15. The van der Waals surface area contributed by atoms with Gasteiger partial charge in [0.25, 0.3) is 0 Å². The molecule has 0 radical (unpaired) electrons. The first-order valence-corrected chi connectivity index (χ1v) is 5.89. The van der Waals surface area contributed by atoms with Crippen LogP contribution in [0.3, 0.4) is 0 Å². The van der Waals surface area contributed by atoms with Crippen molar-refractivity contribution < 1.29 is 9.66 Å². The number of rotatable bonds is 4. The molecule has 1 saturated heterocycles. The molecule has 1 heterocycles. The van der Waals surface area contributed by atoms with E-state index in [1.807, 2.05) is 6.07 Å². The zero-order valence-corrected chi connectivity index (χ0v) is 10.3. The molecule has 2 N–H and O–H groups in total. The maximum atomic E-state index is 10.9. The molecular formula is C12H17N3O3. The fraction of sp³-hybridized carbons (Fsp3) is 0.500. The number of nitrogens with zero attached hydrogens (tertiary/aromatic N) is 2. The summed E-state index contributed by atoms with van der Waals surface area (Å²) in [5.74, 6) is 0.293. The average Bonchev–Trinajstić information content (AvgIpc) is 2.74. The molecule has 0 aromatic heterocycles. The SMILES string of the molecule is COc1ccc(CN2CC[C@@H](N)C2)cc1[N+](=O)[O-]. The van der Waals surface area contributed by atoms with E-state index in [0.717, 1.165) is 25.1 Å². The molecule has 1 fully saturated rings. The van der Waals surface area contributed by atoms with Gasteiger partial charge in [-0.25, -0.2) is 0 Å². The quantitative estimate of drug-likeness (QED) is 0.641. The van der Waals surface area contributed by atoms with E-state index < -0.39 is 4.92 Å². The maximum absolute atomic E-state index is 10.9. The third-order valence-corrected chi connectivity index (χ3v) is 3.15. The first-order valence-electron chi connectivity index (χ1n) is 5.89. The zero-order valence-electron chi connectivity index (χ0n) is 10.3. The van der Waals surface area contributed by atoms with Crippen molar-refractivity contribution >= 4 is 5.69 Å². The summed E-state index contributed by atoms with van der Waals surface area (Å²) in [6, 6.07) is 5.29. The molecule has 6 nitrogen and oxygen atoms in total. The van der Waals surface area contributed by atoms with E-state index in [2.05, 4.69) is 4.90 Å². The van der Waals surface area contributed by atoms with Gasteiger partial charge in [-0.1, -0.05) is 6.07 Å². The van der Waals surface area contributed by atoms with Crippen molar-refractivity contribution in [3.8, 4) is 5.75 Å². The second-order valence-corrected chi connectivity index (χ2v) is 4.55. The Morgan fingerprint density at radius 3 is 2.94 bits per heavy atom. The van der Waals surface area contributed by atoms with Crippen LogP contribution in [0.25, 0.3) is 0 Å². The molecule has 0 spiro atoms. The molecule has 1 aliphatic heterocycles. The van der Waals surface area contributed by atoms with Crippen LogP contribution >= 0.6 is 0 Å². The molecule has 1 atom stereocenters. The fourth-order valence-electron chi connectivity index (χ4n) is 2.24. The van der Waals surface area contributed by atoms with Gasteiger partial charge in [0.1, 0.15) is 0 Å². The zero-order chi connectivity index (χ0) is 13.1. The van der Waals surface area contributed by atoms with Crippen molar-refractivity contribution in [3.63, 3.8) is 0 Å². The number of nitrogens with two attached hydrogens (primary N) is 1. The van der Waals surface area contributed by atoms with E-state index in [0.29, 0.717) is 12.3 Å². The highest BCUT2D eigenvalue weighted by atomic mass is 16.6. The number of benzene rings is 1. The van der Waals surface area contributed by atoms with Crippen LogP contribution in [0.15, 0.2) is 18.2 Å². The maximum Gasteiger partial charge on any atom is 0.311 e. The molecule has 0 saturated carbocycles. The van der Waals surface area contributed by atoms with Crippen molar-refractivity contribution in [2.75, 3.05) is 20.2 Å². The summed E-state index contributed by atoms with van der Waals surface area (Å²) in [5, 5.41) is 10.9. The van der Waals surface area contributed by atoms with E-state index in [4.69, 9.17) is 10.5 Å². The van der Waals surface area contributed by atoms with Crippen molar-refractivity contribution in [1.82, 2.24) is 4.90 Å². The Morgan fingerprint density at radius 1 is 1.61 bits per heavy atom. The molecule has 1 aromatic rings. The van der Waals surface area contributed by atoms with Gasteiger partial charge in [0.2, 0.25) is 0 Å². The number of nitro groups is 1. The van der Waals surface area contributed by atoms with Crippen LogP contribution < -0.4 is 10.5 Å². The number of hydrogen-bond donors (Lipinski definition) is 1. The lowest BCUT2D eigenvalue weighted by Crippen LogP contribution is -2.26. The molecule has 0 unspecified atom stereocenters. The molecule has 2 rings (SSSR count). The minimum absolute atomic E-state index is 0.0125. The molecule has 6 heteroatoms. The minimum atomic E-state index is -0.419. The van der Waals surface area contributed by atoms with Gasteiger partial charge in [-0.3, -0.25) is 15.0 Å². The molecule has 98 valence electrons. The Morgan fingerprint density at radius 2 is 2.39 bits per heavy atom. The van der Waals surface area contributed by atoms with Crippen LogP contribution in [0.2, 0.25) is 0 Å². The van der Waals surface area contributed by atoms with E-state index >= 15 is 0 Å². The molecule has 1 aromatic carbocycles. The van der Waals surface area contributed by atoms with Crippen LogP contribution in [0.1, 0.15) is 12.0 Å². The van der Waals surface area contributed by atoms with E-state index in [1.165, 1.54) is 7.11 Å². The lowest BCUT2D eigenvalue weighted by atomic mass is 10.2. The van der Waals surface area contributed by atoms with Gasteiger partial charge in [-0.15, -0.1) is 0 Å². The van der Waals surface area contributed by atoms with Gasteiger partial charge in [0.05, 0.1) is 12.0 Å². The smallest absolute Gasteiger partial charge is 0.311 e. The molecule has 0 amide bonds. The molecular weight excluding hydrogens is 234 g/mol.